The van der Waals surface area contributed by atoms with Crippen molar-refractivity contribution in [2.24, 2.45) is 5.16 Å². The number of oxime groups is 1. The van der Waals surface area contributed by atoms with Crippen molar-refractivity contribution in [2.75, 3.05) is 19.5 Å². The molecule has 8 nitrogen and oxygen atoms in total. The van der Waals surface area contributed by atoms with Gasteiger partial charge in [0.1, 0.15) is 19.3 Å². The first kappa shape index (κ1) is 18.5. The molecule has 0 aliphatic heterocycles. The first-order valence-corrected chi connectivity index (χ1v) is 7.35. The van der Waals surface area contributed by atoms with Crippen molar-refractivity contribution in [2.45, 2.75) is 33.3 Å². The van der Waals surface area contributed by atoms with Crippen LogP contribution in [-0.4, -0.2) is 51.0 Å². The van der Waals surface area contributed by atoms with E-state index in [9.17, 15) is 18.0 Å². The lowest BCUT2D eigenvalue weighted by atomic mass is 10.2. The lowest BCUT2D eigenvalue weighted by Crippen LogP contribution is -2.35. The summed E-state index contributed by atoms with van der Waals surface area (Å²) < 4.78 is 31.6. The van der Waals surface area contributed by atoms with E-state index in [0.717, 1.165) is 7.11 Å². The van der Waals surface area contributed by atoms with Crippen LogP contribution in [0, 0.1) is 0 Å². The number of rotatable bonds is 7. The summed E-state index contributed by atoms with van der Waals surface area (Å²) in [5.74, 6) is -2.25. The molecule has 0 aliphatic carbocycles. The molecule has 0 aromatic carbocycles. The van der Waals surface area contributed by atoms with Gasteiger partial charge in [0.15, 0.2) is 0 Å². The zero-order valence-electron chi connectivity index (χ0n) is 12.1. The van der Waals surface area contributed by atoms with Crippen LogP contribution in [0.5, 0.6) is 0 Å². The van der Waals surface area contributed by atoms with E-state index in [0.29, 0.717) is 0 Å². The molecule has 0 N–H and O–H groups in total. The maximum atomic E-state index is 11.7. The highest BCUT2D eigenvalue weighted by Gasteiger charge is 2.28. The molecule has 116 valence electrons. The number of hydrogen-bond donors (Lipinski definition) is 0. The van der Waals surface area contributed by atoms with Crippen molar-refractivity contribution in [1.29, 1.82) is 0 Å². The zero-order chi connectivity index (χ0) is 16.0. The van der Waals surface area contributed by atoms with Crippen LogP contribution in [0.3, 0.4) is 0 Å². The fourth-order valence-electron chi connectivity index (χ4n) is 0.915. The highest BCUT2D eigenvalue weighted by molar-refractivity contribution is 7.86. The average molecular weight is 309 g/mol. The van der Waals surface area contributed by atoms with Gasteiger partial charge in [-0.2, -0.15) is 8.42 Å². The molecule has 0 fully saturated rings. The second-order valence-electron chi connectivity index (χ2n) is 4.66. The largest absolute Gasteiger partial charge is 0.455 e. The Morgan fingerprint density at radius 1 is 1.20 bits per heavy atom. The average Bonchev–Trinajstić information content (AvgIpc) is 2.31. The summed E-state index contributed by atoms with van der Waals surface area (Å²) in [6.45, 7) is 5.35. The molecule has 0 atom stereocenters. The van der Waals surface area contributed by atoms with Crippen molar-refractivity contribution < 1.29 is 31.8 Å². The molecule has 0 amide bonds. The molecule has 0 bridgehead atoms. The molecule has 0 spiro atoms. The molecule has 0 aromatic rings. The van der Waals surface area contributed by atoms with Gasteiger partial charge in [-0.15, -0.1) is 0 Å². The van der Waals surface area contributed by atoms with Gasteiger partial charge in [-0.25, -0.2) is 4.79 Å². The predicted molar refractivity (Wildman–Crippen MR) is 70.7 cm³/mol. The Balaban J connectivity index is 4.90. The molecule has 0 heterocycles. The third-order valence-electron chi connectivity index (χ3n) is 1.76. The van der Waals surface area contributed by atoms with Gasteiger partial charge < -0.3 is 9.57 Å². The monoisotopic (exact) mass is 309 g/mol. The lowest BCUT2D eigenvalue weighted by Gasteiger charge is -2.19. The molecule has 0 saturated heterocycles. The quantitative estimate of drug-likeness (QED) is 0.218. The topological polar surface area (TPSA) is 108 Å². The van der Waals surface area contributed by atoms with Gasteiger partial charge in [-0.3, -0.25) is 8.98 Å². The highest BCUT2D eigenvalue weighted by atomic mass is 32.2. The number of esters is 1. The molecule has 9 heteroatoms. The smallest absolute Gasteiger partial charge is 0.364 e. The van der Waals surface area contributed by atoms with Crippen LogP contribution in [0.2, 0.25) is 0 Å². The number of Topliss-reactive ketones (excluding diaryl/α,β-unsaturated/α-hetero) is 1. The van der Waals surface area contributed by atoms with Crippen LogP contribution >= 0.6 is 0 Å². The van der Waals surface area contributed by atoms with E-state index < -0.39 is 39.8 Å². The van der Waals surface area contributed by atoms with Gasteiger partial charge in [0, 0.05) is 0 Å². The summed E-state index contributed by atoms with van der Waals surface area (Å²) in [4.78, 5) is 27.8. The molecule has 20 heavy (non-hydrogen) atoms. The van der Waals surface area contributed by atoms with Gasteiger partial charge in [0.05, 0.1) is 5.75 Å². The third-order valence-corrected chi connectivity index (χ3v) is 2.95. The zero-order valence-corrected chi connectivity index (χ0v) is 12.9. The molecular formula is C11H19NO7S. The van der Waals surface area contributed by atoms with Crippen LogP contribution < -0.4 is 0 Å². The first-order valence-electron chi connectivity index (χ1n) is 5.77. The fourth-order valence-corrected chi connectivity index (χ4v) is 1.37. The van der Waals surface area contributed by atoms with E-state index in [-0.39, 0.29) is 5.75 Å². The summed E-state index contributed by atoms with van der Waals surface area (Å²) >= 11 is 0. The highest BCUT2D eigenvalue weighted by Crippen LogP contribution is 2.08. The Labute approximate surface area is 118 Å². The first-order chi connectivity index (χ1) is 9.02. The van der Waals surface area contributed by atoms with E-state index in [2.05, 4.69) is 14.2 Å². The van der Waals surface area contributed by atoms with Crippen LogP contribution in [0.15, 0.2) is 5.16 Å². The number of ketones is 1. The molecule has 0 unspecified atom stereocenters. The van der Waals surface area contributed by atoms with Gasteiger partial charge in [0.2, 0.25) is 11.5 Å². The fraction of sp³-hybridized carbons (Fsp3) is 0.727. The standard InChI is InChI=1S/C11H19NO7S/c1-6-20(15,16)18-7-8(13)9(12-17-5)10(14)19-11(2,3)4/h6-7H2,1-5H3. The maximum absolute atomic E-state index is 11.7. The Morgan fingerprint density at radius 3 is 2.15 bits per heavy atom. The van der Waals surface area contributed by atoms with Crippen molar-refractivity contribution >= 4 is 27.6 Å². The summed E-state index contributed by atoms with van der Waals surface area (Å²) in [5.41, 5.74) is -1.49. The molecule has 0 aliphatic rings. The van der Waals surface area contributed by atoms with E-state index in [1.807, 2.05) is 0 Å². The van der Waals surface area contributed by atoms with Crippen LogP contribution in [0.1, 0.15) is 27.7 Å². The molecule has 0 saturated carbocycles. The second-order valence-corrected chi connectivity index (χ2v) is 6.58. The van der Waals surface area contributed by atoms with Gasteiger partial charge in [-0.05, 0) is 27.7 Å². The van der Waals surface area contributed by atoms with Crippen molar-refractivity contribution in [1.82, 2.24) is 0 Å². The third kappa shape index (κ3) is 7.19. The summed E-state index contributed by atoms with van der Waals surface area (Å²) in [7, 11) is -2.65. The Bertz CT molecular complexity index is 487. The number of nitrogens with zero attached hydrogens (tertiary/aromatic N) is 1. The van der Waals surface area contributed by atoms with Crippen molar-refractivity contribution in [3.8, 4) is 0 Å². The number of hydrogen-bond acceptors (Lipinski definition) is 8. The van der Waals surface area contributed by atoms with E-state index in [1.165, 1.54) is 6.92 Å². The van der Waals surface area contributed by atoms with E-state index >= 15 is 0 Å². The summed E-state index contributed by atoms with van der Waals surface area (Å²) in [5, 5.41) is 3.25. The summed E-state index contributed by atoms with van der Waals surface area (Å²) in [6.07, 6.45) is 0. The van der Waals surface area contributed by atoms with Gasteiger partial charge in [0.25, 0.3) is 10.1 Å². The molecule has 0 aromatic heterocycles. The van der Waals surface area contributed by atoms with E-state index in [4.69, 9.17) is 4.74 Å². The maximum Gasteiger partial charge on any atom is 0.364 e. The number of carbonyl (C=O) groups excluding carboxylic acids is 2. The van der Waals surface area contributed by atoms with Gasteiger partial charge >= 0.3 is 5.97 Å². The molecule has 0 rings (SSSR count). The van der Waals surface area contributed by atoms with Crippen molar-refractivity contribution in [3.05, 3.63) is 0 Å². The second kappa shape index (κ2) is 7.34. The summed E-state index contributed by atoms with van der Waals surface area (Å²) in [6, 6.07) is 0. The van der Waals surface area contributed by atoms with Gasteiger partial charge in [-0.1, -0.05) is 5.16 Å². The predicted octanol–water partition coefficient (Wildman–Crippen LogP) is 0.266. The SMILES string of the molecule is CCS(=O)(=O)OCC(=O)C(=NOC)C(=O)OC(C)(C)C. The minimum atomic E-state index is -3.79. The Hall–Kier alpha value is -1.48. The molecule has 0 radical (unpaired) electrons. The molecular weight excluding hydrogens is 290 g/mol. The normalized spacial score (nSPS) is 12.9. The minimum absolute atomic E-state index is 0.288. The number of carbonyl (C=O) groups is 2. The Kier molecular flexibility index (Phi) is 6.80. The lowest BCUT2D eigenvalue weighted by molar-refractivity contribution is -0.146. The minimum Gasteiger partial charge on any atom is -0.455 e. The van der Waals surface area contributed by atoms with Crippen LogP contribution in [0.25, 0.3) is 0 Å². The van der Waals surface area contributed by atoms with Crippen LogP contribution in [-0.2, 0) is 33.5 Å². The van der Waals surface area contributed by atoms with E-state index in [1.54, 1.807) is 20.8 Å². The number of ether oxygens (including phenoxy) is 1. The van der Waals surface area contributed by atoms with Crippen molar-refractivity contribution in [3.63, 3.8) is 0 Å². The Morgan fingerprint density at radius 2 is 1.75 bits per heavy atom. The van der Waals surface area contributed by atoms with Crippen LogP contribution in [0.4, 0.5) is 0 Å².